The van der Waals surface area contributed by atoms with Gasteiger partial charge in [-0.3, -0.25) is 19.2 Å². The molecule has 2 aromatic rings. The molecule has 6 atom stereocenters. The minimum absolute atomic E-state index is 0.100. The number of aliphatic hydroxyl groups excluding tert-OH is 2. The molecule has 2 aromatic carbocycles. The molecule has 6 rings (SSSR count). The summed E-state index contributed by atoms with van der Waals surface area (Å²) < 4.78 is 10.1. The molecule has 0 aromatic heterocycles. The van der Waals surface area contributed by atoms with Crippen LogP contribution in [0, 0.1) is 0 Å². The zero-order valence-electron chi connectivity index (χ0n) is 19.9. The Morgan fingerprint density at radius 3 is 1.39 bits per heavy atom. The second-order valence-electron chi connectivity index (χ2n) is 9.41. The predicted octanol–water partition coefficient (Wildman–Crippen LogP) is 1.20. The minimum atomic E-state index is -0.919. The number of carbonyl (C=O) groups is 4. The molecule has 0 spiro atoms. The molecule has 2 aliphatic heterocycles. The van der Waals surface area contributed by atoms with E-state index in [9.17, 15) is 39.6 Å². The van der Waals surface area contributed by atoms with Crippen LogP contribution in [-0.4, -0.2) is 80.2 Å². The first kappa shape index (κ1) is 25.7. The van der Waals surface area contributed by atoms with E-state index in [2.05, 4.69) is 0 Å². The van der Waals surface area contributed by atoms with Crippen LogP contribution >= 0.6 is 0 Å². The average molecular weight is 520 g/mol. The Hall–Kier alpha value is -3.96. The molecule has 0 amide bonds. The van der Waals surface area contributed by atoms with Gasteiger partial charge in [0.25, 0.3) is 0 Å². The van der Waals surface area contributed by atoms with Gasteiger partial charge in [0.2, 0.25) is 0 Å². The lowest BCUT2D eigenvalue weighted by Crippen LogP contribution is -2.29. The topological polar surface area (TPSA) is 174 Å². The lowest BCUT2D eigenvalue weighted by atomic mass is 9.90. The van der Waals surface area contributed by atoms with Crippen LogP contribution in [0.5, 0.6) is 11.5 Å². The number of Topliss-reactive ketones (excluding diaryl/α,β-unsaturated/α-hetero) is 2. The number of rotatable bonds is 6. The normalized spacial score (nSPS) is 28.6. The summed E-state index contributed by atoms with van der Waals surface area (Å²) in [6.07, 6.45) is -1.59. The maximum Gasteiger partial charge on any atom is 0.187 e. The Morgan fingerprint density at radius 1 is 0.658 bits per heavy atom. The van der Waals surface area contributed by atoms with E-state index in [1.165, 1.54) is 36.4 Å². The number of hydrogen-bond donors (Lipinski definition) is 4. The molecule has 2 fully saturated rings. The smallest absolute Gasteiger partial charge is 0.187 e. The van der Waals surface area contributed by atoms with Gasteiger partial charge >= 0.3 is 0 Å². The summed E-state index contributed by atoms with van der Waals surface area (Å²) >= 11 is 0. The molecule has 10 nitrogen and oxygen atoms in total. The van der Waals surface area contributed by atoms with Crippen molar-refractivity contribution >= 4 is 23.1 Å². The van der Waals surface area contributed by atoms with Gasteiger partial charge in [-0.2, -0.15) is 0 Å². The van der Waals surface area contributed by atoms with E-state index < -0.39 is 36.6 Å². The number of epoxide rings is 2. The van der Waals surface area contributed by atoms with Crippen molar-refractivity contribution in [3.05, 3.63) is 83.0 Å². The first-order chi connectivity index (χ1) is 18.2. The lowest BCUT2D eigenvalue weighted by molar-refractivity contribution is -0.116. The zero-order chi connectivity index (χ0) is 27.1. The van der Waals surface area contributed by atoms with Gasteiger partial charge in [-0.1, -0.05) is 24.3 Å². The van der Waals surface area contributed by atoms with E-state index in [0.717, 1.165) is 0 Å². The van der Waals surface area contributed by atoms with Crippen molar-refractivity contribution in [2.24, 2.45) is 0 Å². The Bertz CT molecular complexity index is 1280. The van der Waals surface area contributed by atoms with Gasteiger partial charge in [0, 0.05) is 12.8 Å². The van der Waals surface area contributed by atoms with Crippen LogP contribution in [0.15, 0.2) is 71.8 Å². The highest BCUT2D eigenvalue weighted by atomic mass is 16.6. The highest BCUT2D eigenvalue weighted by molar-refractivity contribution is 6.04. The fourth-order valence-corrected chi connectivity index (χ4v) is 4.60. The van der Waals surface area contributed by atoms with Crippen molar-refractivity contribution in [2.45, 2.75) is 49.5 Å². The first-order valence-corrected chi connectivity index (χ1v) is 11.9. The molecular formula is C28H24O10. The number of carbonyl (C=O) groups excluding carboxylic acids is 4. The second kappa shape index (κ2) is 10.1. The number of benzene rings is 2. The number of aromatic hydroxyl groups is 2. The number of phenols is 2. The van der Waals surface area contributed by atoms with Gasteiger partial charge in [-0.15, -0.1) is 0 Å². The van der Waals surface area contributed by atoms with E-state index in [1.54, 1.807) is 24.3 Å². The second-order valence-corrected chi connectivity index (χ2v) is 9.41. The fourth-order valence-electron chi connectivity index (χ4n) is 4.60. The van der Waals surface area contributed by atoms with Gasteiger partial charge in [0.05, 0.1) is 11.1 Å². The number of ether oxygens (including phenoxy) is 2. The van der Waals surface area contributed by atoms with Crippen LogP contribution < -0.4 is 0 Å². The van der Waals surface area contributed by atoms with E-state index >= 15 is 0 Å². The van der Waals surface area contributed by atoms with Gasteiger partial charge in [0.1, 0.15) is 48.1 Å². The molecule has 4 aliphatic rings. The van der Waals surface area contributed by atoms with Crippen molar-refractivity contribution < 1.29 is 49.1 Å². The number of ketones is 4. The largest absolute Gasteiger partial charge is 0.507 e. The molecule has 3 unspecified atom stereocenters. The van der Waals surface area contributed by atoms with E-state index in [-0.39, 0.29) is 58.6 Å². The number of para-hydroxylation sites is 2. The van der Waals surface area contributed by atoms with Crippen molar-refractivity contribution in [1.82, 2.24) is 0 Å². The maximum absolute atomic E-state index is 12.0. The Labute approximate surface area is 216 Å². The lowest BCUT2D eigenvalue weighted by Gasteiger charge is -2.15. The van der Waals surface area contributed by atoms with Crippen LogP contribution in [0.2, 0.25) is 0 Å². The van der Waals surface area contributed by atoms with Crippen LogP contribution in [0.4, 0.5) is 0 Å². The quantitative estimate of drug-likeness (QED) is 0.320. The van der Waals surface area contributed by atoms with Crippen molar-refractivity contribution in [1.29, 1.82) is 0 Å². The van der Waals surface area contributed by atoms with E-state index in [4.69, 9.17) is 9.47 Å². The van der Waals surface area contributed by atoms with Crippen LogP contribution in [0.3, 0.4) is 0 Å². The number of fused-ring (bicyclic) bond motifs is 2. The summed E-state index contributed by atoms with van der Waals surface area (Å²) in [6.45, 7) is 0. The third kappa shape index (κ3) is 5.07. The third-order valence-electron chi connectivity index (χ3n) is 6.79. The summed E-state index contributed by atoms with van der Waals surface area (Å²) in [5, 5.41) is 39.0. The van der Waals surface area contributed by atoms with Gasteiger partial charge in [-0.05, 0) is 47.6 Å². The number of phenolic OH excluding ortho intramolecular Hbond substituents is 2. The molecule has 0 bridgehead atoms. The van der Waals surface area contributed by atoms with Crippen molar-refractivity contribution in [3.8, 4) is 11.5 Å². The molecule has 2 heterocycles. The van der Waals surface area contributed by atoms with E-state index in [1.807, 2.05) is 0 Å². The maximum atomic E-state index is 12.0. The SMILES string of the molecule is O=C(CC1=CC(=O)C2OC2C1O)c1ccccc1O.O=C(CC1=CC(=O)[C@H]2O[C@H]2[C@H]1O)c1ccccc1O. The monoisotopic (exact) mass is 520 g/mol. The summed E-state index contributed by atoms with van der Waals surface area (Å²) in [7, 11) is 0. The first-order valence-electron chi connectivity index (χ1n) is 11.9. The van der Waals surface area contributed by atoms with Gasteiger partial charge < -0.3 is 29.9 Å². The molecule has 0 saturated carbocycles. The molecule has 196 valence electrons. The highest BCUT2D eigenvalue weighted by Gasteiger charge is 2.53. The van der Waals surface area contributed by atoms with E-state index in [0.29, 0.717) is 11.1 Å². The van der Waals surface area contributed by atoms with Crippen molar-refractivity contribution in [2.75, 3.05) is 0 Å². The van der Waals surface area contributed by atoms with Crippen molar-refractivity contribution in [3.63, 3.8) is 0 Å². The number of aliphatic hydroxyl groups is 2. The predicted molar refractivity (Wildman–Crippen MR) is 130 cm³/mol. The average Bonchev–Trinajstić information content (AvgIpc) is 3.80. The molecule has 10 heteroatoms. The van der Waals surface area contributed by atoms with Crippen LogP contribution in [0.25, 0.3) is 0 Å². The molecule has 0 radical (unpaired) electrons. The zero-order valence-corrected chi connectivity index (χ0v) is 19.9. The number of hydrogen-bond acceptors (Lipinski definition) is 10. The fraction of sp³-hybridized carbons (Fsp3) is 0.286. The van der Waals surface area contributed by atoms with Crippen LogP contribution in [0.1, 0.15) is 33.6 Å². The molecule has 38 heavy (non-hydrogen) atoms. The summed E-state index contributed by atoms with van der Waals surface area (Å²) in [5.41, 5.74) is 1.05. The molecule has 4 N–H and O–H groups in total. The van der Waals surface area contributed by atoms with Gasteiger partial charge in [0.15, 0.2) is 23.1 Å². The third-order valence-corrected chi connectivity index (χ3v) is 6.79. The molecular weight excluding hydrogens is 496 g/mol. The van der Waals surface area contributed by atoms with Gasteiger partial charge in [-0.25, -0.2) is 0 Å². The minimum Gasteiger partial charge on any atom is -0.507 e. The Morgan fingerprint density at radius 2 is 1.03 bits per heavy atom. The summed E-state index contributed by atoms with van der Waals surface area (Å²) in [6, 6.07) is 12.4. The Balaban J connectivity index is 0.000000155. The summed E-state index contributed by atoms with van der Waals surface area (Å²) in [4.78, 5) is 47.1. The summed E-state index contributed by atoms with van der Waals surface area (Å²) in [5.74, 6) is -1.31. The molecule has 2 aliphatic carbocycles. The Kier molecular flexibility index (Phi) is 6.80. The molecule has 2 saturated heterocycles. The van der Waals surface area contributed by atoms with Crippen LogP contribution in [-0.2, 0) is 19.1 Å². The highest BCUT2D eigenvalue weighted by Crippen LogP contribution is 2.37. The standard InChI is InChI=1S/2C14H12O5/c2*15-9-4-2-1-3-8(9)10(16)5-7-6-11(17)13-14(19-13)12(7)18/h2*1-4,6,12-15,18H,5H2/t12-,13+,14-;/m0./s1.